The van der Waals surface area contributed by atoms with Crippen LogP contribution in [0.15, 0.2) is 24.3 Å². The molecular formula is C21H25N5O3S. The maximum Gasteiger partial charge on any atom is 0.255 e. The second kappa shape index (κ2) is 7.71. The van der Waals surface area contributed by atoms with E-state index in [2.05, 4.69) is 20.9 Å². The normalized spacial score (nSPS) is 22.0. The Morgan fingerprint density at radius 3 is 2.73 bits per heavy atom. The Balaban J connectivity index is 1.47. The first-order chi connectivity index (χ1) is 14.3. The molecule has 2 aromatic rings. The average Bonchev–Trinajstić information content (AvgIpc) is 2.94. The number of aryl methyl sites for hydroxylation is 2. The standard InChI is InChI=1S/C21H25N5O3S/c1-12-14(3)30-20(22-12)23-18(28)13(2)26-11-10-21(9-8-17(26)27)24-16-7-5-4-6-15(16)19(29)25-21/h4-7,13,24H,8-11H2,1-3H3,(H,25,29)(H,22,23,28)/t13-,21+/m1/s1. The molecule has 0 unspecified atom stereocenters. The fourth-order valence-corrected chi connectivity index (χ4v) is 4.74. The summed E-state index contributed by atoms with van der Waals surface area (Å²) < 4.78 is 0. The van der Waals surface area contributed by atoms with Gasteiger partial charge in [-0.3, -0.25) is 14.4 Å². The van der Waals surface area contributed by atoms with Crippen molar-refractivity contribution in [3.05, 3.63) is 40.4 Å². The molecule has 0 bridgehead atoms. The molecule has 0 aliphatic carbocycles. The molecular weight excluding hydrogens is 402 g/mol. The summed E-state index contributed by atoms with van der Waals surface area (Å²) in [5.41, 5.74) is 1.55. The van der Waals surface area contributed by atoms with Crippen molar-refractivity contribution in [3.63, 3.8) is 0 Å². The van der Waals surface area contributed by atoms with E-state index in [1.807, 2.05) is 32.0 Å². The topological polar surface area (TPSA) is 103 Å². The minimum absolute atomic E-state index is 0.101. The predicted molar refractivity (Wildman–Crippen MR) is 116 cm³/mol. The van der Waals surface area contributed by atoms with E-state index in [9.17, 15) is 14.4 Å². The molecule has 4 rings (SSSR count). The summed E-state index contributed by atoms with van der Waals surface area (Å²) in [5, 5.41) is 9.83. The van der Waals surface area contributed by atoms with Crippen LogP contribution in [0, 0.1) is 13.8 Å². The van der Waals surface area contributed by atoms with Crippen molar-refractivity contribution in [2.45, 2.75) is 51.7 Å². The number of thiazole rings is 1. The highest BCUT2D eigenvalue weighted by atomic mass is 32.1. The summed E-state index contributed by atoms with van der Waals surface area (Å²) >= 11 is 1.42. The lowest BCUT2D eigenvalue weighted by Gasteiger charge is -2.40. The Labute approximate surface area is 179 Å². The third-order valence-corrected chi connectivity index (χ3v) is 6.86. The van der Waals surface area contributed by atoms with E-state index in [1.165, 1.54) is 11.3 Å². The second-order valence-electron chi connectivity index (χ2n) is 7.87. The number of carbonyl (C=O) groups is 3. The first kappa shape index (κ1) is 20.3. The fraction of sp³-hybridized carbons (Fsp3) is 0.429. The maximum atomic E-state index is 12.8. The number of benzene rings is 1. The molecule has 158 valence electrons. The first-order valence-corrected chi connectivity index (χ1v) is 10.8. The van der Waals surface area contributed by atoms with E-state index in [0.717, 1.165) is 16.3 Å². The molecule has 1 spiro atoms. The molecule has 0 saturated carbocycles. The molecule has 1 aromatic heterocycles. The number of nitrogens with one attached hydrogen (secondary N) is 3. The number of likely N-dealkylation sites (tertiary alicyclic amines) is 1. The Kier molecular flexibility index (Phi) is 5.23. The number of nitrogens with zero attached hydrogens (tertiary/aromatic N) is 2. The van der Waals surface area contributed by atoms with Crippen LogP contribution in [-0.4, -0.2) is 45.9 Å². The van der Waals surface area contributed by atoms with Gasteiger partial charge in [-0.25, -0.2) is 4.98 Å². The number of aromatic nitrogens is 1. The van der Waals surface area contributed by atoms with Gasteiger partial charge in [0.15, 0.2) is 5.13 Å². The van der Waals surface area contributed by atoms with Crippen LogP contribution in [-0.2, 0) is 9.59 Å². The van der Waals surface area contributed by atoms with Gasteiger partial charge in [-0.05, 0) is 39.3 Å². The van der Waals surface area contributed by atoms with E-state index in [-0.39, 0.29) is 24.1 Å². The van der Waals surface area contributed by atoms with Gasteiger partial charge in [0, 0.05) is 30.0 Å². The number of para-hydroxylation sites is 1. The molecule has 2 atom stereocenters. The number of hydrogen-bond acceptors (Lipinski definition) is 6. The van der Waals surface area contributed by atoms with Crippen LogP contribution in [0.25, 0.3) is 0 Å². The molecule has 9 heteroatoms. The summed E-state index contributed by atoms with van der Waals surface area (Å²) in [7, 11) is 0. The Bertz CT molecular complexity index is 1000. The molecule has 3 heterocycles. The third-order valence-electron chi connectivity index (χ3n) is 5.87. The van der Waals surface area contributed by atoms with E-state index >= 15 is 0 Å². The molecule has 3 amide bonds. The molecule has 0 radical (unpaired) electrons. The van der Waals surface area contributed by atoms with Gasteiger partial charge in [-0.2, -0.15) is 0 Å². The highest BCUT2D eigenvalue weighted by Crippen LogP contribution is 2.32. The quantitative estimate of drug-likeness (QED) is 0.699. The lowest BCUT2D eigenvalue weighted by atomic mass is 9.95. The van der Waals surface area contributed by atoms with Gasteiger partial charge in [0.1, 0.15) is 11.7 Å². The van der Waals surface area contributed by atoms with E-state index < -0.39 is 11.7 Å². The van der Waals surface area contributed by atoms with Gasteiger partial charge >= 0.3 is 0 Å². The van der Waals surface area contributed by atoms with Crippen LogP contribution < -0.4 is 16.0 Å². The number of anilines is 2. The molecule has 1 fully saturated rings. The van der Waals surface area contributed by atoms with Gasteiger partial charge in [0.05, 0.1) is 11.3 Å². The fourth-order valence-electron chi connectivity index (χ4n) is 3.93. The smallest absolute Gasteiger partial charge is 0.255 e. The lowest BCUT2D eigenvalue weighted by Crippen LogP contribution is -2.58. The van der Waals surface area contributed by atoms with Gasteiger partial charge in [-0.15, -0.1) is 11.3 Å². The SMILES string of the molecule is Cc1nc(NC(=O)[C@@H](C)N2CC[C@]3(CCC2=O)NC(=O)c2ccccc2N3)sc1C. The van der Waals surface area contributed by atoms with Crippen molar-refractivity contribution in [1.29, 1.82) is 0 Å². The van der Waals surface area contributed by atoms with Gasteiger partial charge < -0.3 is 20.9 Å². The summed E-state index contributed by atoms with van der Waals surface area (Å²) in [5.74, 6) is -0.513. The molecule has 8 nitrogen and oxygen atoms in total. The highest BCUT2D eigenvalue weighted by Gasteiger charge is 2.41. The summed E-state index contributed by atoms with van der Waals surface area (Å²) in [4.78, 5) is 45.1. The molecule has 1 aromatic carbocycles. The monoisotopic (exact) mass is 427 g/mol. The Hall–Kier alpha value is -2.94. The number of rotatable bonds is 3. The molecule has 3 N–H and O–H groups in total. The molecule has 30 heavy (non-hydrogen) atoms. The number of amides is 3. The highest BCUT2D eigenvalue weighted by molar-refractivity contribution is 7.15. The lowest BCUT2D eigenvalue weighted by molar-refractivity contribution is -0.137. The van der Waals surface area contributed by atoms with Gasteiger partial charge in [0.25, 0.3) is 5.91 Å². The molecule has 1 saturated heterocycles. The van der Waals surface area contributed by atoms with Crippen LogP contribution >= 0.6 is 11.3 Å². The van der Waals surface area contributed by atoms with Gasteiger partial charge in [0.2, 0.25) is 11.8 Å². The van der Waals surface area contributed by atoms with Crippen molar-refractivity contribution < 1.29 is 14.4 Å². The van der Waals surface area contributed by atoms with Crippen LogP contribution in [0.5, 0.6) is 0 Å². The van der Waals surface area contributed by atoms with Gasteiger partial charge in [-0.1, -0.05) is 12.1 Å². The molecule has 2 aliphatic rings. The maximum absolute atomic E-state index is 12.8. The van der Waals surface area contributed by atoms with Crippen LogP contribution in [0.1, 0.15) is 47.1 Å². The number of hydrogen-bond donors (Lipinski definition) is 3. The van der Waals surface area contributed by atoms with Crippen molar-refractivity contribution in [2.75, 3.05) is 17.2 Å². The Morgan fingerprint density at radius 1 is 1.23 bits per heavy atom. The number of fused-ring (bicyclic) bond motifs is 1. The average molecular weight is 428 g/mol. The van der Waals surface area contributed by atoms with Crippen molar-refractivity contribution in [3.8, 4) is 0 Å². The zero-order chi connectivity index (χ0) is 21.5. The minimum Gasteiger partial charge on any atom is -0.362 e. The minimum atomic E-state index is -0.699. The summed E-state index contributed by atoms with van der Waals surface area (Å²) in [6.07, 6.45) is 1.20. The summed E-state index contributed by atoms with van der Waals surface area (Å²) in [6, 6.07) is 6.70. The van der Waals surface area contributed by atoms with E-state index in [4.69, 9.17) is 0 Å². The van der Waals surface area contributed by atoms with Crippen molar-refractivity contribution in [2.24, 2.45) is 0 Å². The third kappa shape index (κ3) is 3.77. The van der Waals surface area contributed by atoms with Crippen LogP contribution in [0.2, 0.25) is 0 Å². The number of carbonyl (C=O) groups excluding carboxylic acids is 3. The van der Waals surface area contributed by atoms with Crippen LogP contribution in [0.3, 0.4) is 0 Å². The molecule has 2 aliphatic heterocycles. The summed E-state index contributed by atoms with van der Waals surface area (Å²) in [6.45, 7) is 5.93. The second-order valence-corrected chi connectivity index (χ2v) is 9.07. The predicted octanol–water partition coefficient (Wildman–Crippen LogP) is 2.65. The Morgan fingerprint density at radius 2 is 2.00 bits per heavy atom. The largest absolute Gasteiger partial charge is 0.362 e. The van der Waals surface area contributed by atoms with E-state index in [1.54, 1.807) is 17.9 Å². The van der Waals surface area contributed by atoms with Crippen molar-refractivity contribution >= 4 is 39.9 Å². The van der Waals surface area contributed by atoms with E-state index in [0.29, 0.717) is 30.1 Å². The van der Waals surface area contributed by atoms with Crippen LogP contribution in [0.4, 0.5) is 10.8 Å². The first-order valence-electron chi connectivity index (χ1n) is 10.0. The zero-order valence-electron chi connectivity index (χ0n) is 17.2. The van der Waals surface area contributed by atoms with Crippen molar-refractivity contribution in [1.82, 2.24) is 15.2 Å². The zero-order valence-corrected chi connectivity index (χ0v) is 18.1.